The van der Waals surface area contributed by atoms with Crippen molar-refractivity contribution in [3.05, 3.63) is 81.4 Å². The van der Waals surface area contributed by atoms with Gasteiger partial charge in [0.15, 0.2) is 5.78 Å². The molecular formula is C16H10F3NO3. The molecule has 0 aliphatic rings. The number of rotatable bonds is 4. The summed E-state index contributed by atoms with van der Waals surface area (Å²) in [6, 6.07) is 9.51. The molecule has 0 aliphatic carbocycles. The van der Waals surface area contributed by atoms with Crippen LogP contribution in [-0.2, 0) is 6.18 Å². The van der Waals surface area contributed by atoms with Crippen molar-refractivity contribution >= 4 is 17.5 Å². The maximum Gasteiger partial charge on any atom is 0.416 e. The zero-order chi connectivity index (χ0) is 17.0. The van der Waals surface area contributed by atoms with Gasteiger partial charge in [-0.15, -0.1) is 0 Å². The number of nitro groups is 1. The lowest BCUT2D eigenvalue weighted by Crippen LogP contribution is -2.04. The molecule has 0 unspecified atom stereocenters. The third-order valence-corrected chi connectivity index (χ3v) is 3.00. The van der Waals surface area contributed by atoms with Gasteiger partial charge in [0, 0.05) is 17.7 Å². The van der Waals surface area contributed by atoms with Gasteiger partial charge in [0.1, 0.15) is 0 Å². The average Bonchev–Trinajstić information content (AvgIpc) is 2.52. The van der Waals surface area contributed by atoms with E-state index in [0.29, 0.717) is 0 Å². The molecule has 0 aliphatic heterocycles. The number of hydrogen-bond acceptors (Lipinski definition) is 3. The summed E-state index contributed by atoms with van der Waals surface area (Å²) in [7, 11) is 0. The number of allylic oxidation sites excluding steroid dienone is 1. The largest absolute Gasteiger partial charge is 0.416 e. The summed E-state index contributed by atoms with van der Waals surface area (Å²) in [5.41, 5.74) is -0.514. The Morgan fingerprint density at radius 1 is 1.09 bits per heavy atom. The van der Waals surface area contributed by atoms with Gasteiger partial charge in [-0.2, -0.15) is 13.2 Å². The maximum absolute atomic E-state index is 12.6. The molecule has 2 aromatic rings. The Bertz CT molecular complexity index is 765. The van der Waals surface area contributed by atoms with E-state index in [-0.39, 0.29) is 16.8 Å². The van der Waals surface area contributed by atoms with Gasteiger partial charge in [-0.05, 0) is 35.9 Å². The Kier molecular flexibility index (Phi) is 4.59. The number of non-ortho nitro benzene ring substituents is 1. The topological polar surface area (TPSA) is 60.2 Å². The molecule has 4 nitrogen and oxygen atoms in total. The first-order chi connectivity index (χ1) is 10.8. The monoisotopic (exact) mass is 321 g/mol. The van der Waals surface area contributed by atoms with Crippen molar-refractivity contribution in [2.75, 3.05) is 0 Å². The van der Waals surface area contributed by atoms with E-state index < -0.39 is 22.4 Å². The maximum atomic E-state index is 12.6. The first-order valence-corrected chi connectivity index (χ1v) is 6.41. The van der Waals surface area contributed by atoms with Crippen molar-refractivity contribution in [2.24, 2.45) is 0 Å². The van der Waals surface area contributed by atoms with E-state index in [0.717, 1.165) is 18.2 Å². The lowest BCUT2D eigenvalue weighted by atomic mass is 10.1. The van der Waals surface area contributed by atoms with Crippen LogP contribution in [0.25, 0.3) is 6.08 Å². The summed E-state index contributed by atoms with van der Waals surface area (Å²) in [6.07, 6.45) is -2.07. The molecule has 0 N–H and O–H groups in total. The van der Waals surface area contributed by atoms with Gasteiger partial charge in [0.2, 0.25) is 0 Å². The average molecular weight is 321 g/mol. The number of ketones is 1. The van der Waals surface area contributed by atoms with Crippen LogP contribution in [0.4, 0.5) is 18.9 Å². The van der Waals surface area contributed by atoms with Gasteiger partial charge in [-0.25, -0.2) is 0 Å². The SMILES string of the molecule is O=C(/C=C/c1cccc(C(F)(F)F)c1)c1ccc([N+](=O)[O-])cc1. The molecule has 0 saturated carbocycles. The highest BCUT2D eigenvalue weighted by atomic mass is 19.4. The number of carbonyl (C=O) groups excluding carboxylic acids is 1. The number of alkyl halides is 3. The van der Waals surface area contributed by atoms with Crippen molar-refractivity contribution < 1.29 is 22.9 Å². The number of nitro benzene ring substituents is 1. The second kappa shape index (κ2) is 6.43. The van der Waals surface area contributed by atoms with E-state index in [1.807, 2.05) is 0 Å². The number of carbonyl (C=O) groups is 1. The van der Waals surface area contributed by atoms with Gasteiger partial charge in [-0.1, -0.05) is 18.2 Å². The lowest BCUT2D eigenvalue weighted by Gasteiger charge is -2.06. The van der Waals surface area contributed by atoms with E-state index in [2.05, 4.69) is 0 Å². The fraction of sp³-hybridized carbons (Fsp3) is 0.0625. The summed E-state index contributed by atoms with van der Waals surface area (Å²) in [4.78, 5) is 21.8. The highest BCUT2D eigenvalue weighted by Gasteiger charge is 2.30. The fourth-order valence-electron chi connectivity index (χ4n) is 1.83. The van der Waals surface area contributed by atoms with Crippen LogP contribution < -0.4 is 0 Å². The van der Waals surface area contributed by atoms with Crippen LogP contribution in [0.2, 0.25) is 0 Å². The van der Waals surface area contributed by atoms with Crippen LogP contribution in [-0.4, -0.2) is 10.7 Å². The molecule has 2 rings (SSSR count). The minimum atomic E-state index is -4.45. The van der Waals surface area contributed by atoms with Crippen molar-refractivity contribution in [1.29, 1.82) is 0 Å². The molecule has 2 aromatic carbocycles. The molecule has 0 atom stereocenters. The fourth-order valence-corrected chi connectivity index (χ4v) is 1.83. The molecular weight excluding hydrogens is 311 g/mol. The highest BCUT2D eigenvalue weighted by Crippen LogP contribution is 2.29. The van der Waals surface area contributed by atoms with Crippen LogP contribution in [0.5, 0.6) is 0 Å². The predicted molar refractivity (Wildman–Crippen MR) is 77.9 cm³/mol. The Hall–Kier alpha value is -2.96. The Morgan fingerprint density at radius 2 is 1.74 bits per heavy atom. The minimum Gasteiger partial charge on any atom is -0.289 e. The van der Waals surface area contributed by atoms with Crippen molar-refractivity contribution in [2.45, 2.75) is 6.18 Å². The van der Waals surface area contributed by atoms with Crippen LogP contribution >= 0.6 is 0 Å². The summed E-state index contributed by atoms with van der Waals surface area (Å²) < 4.78 is 37.8. The quantitative estimate of drug-likeness (QED) is 0.360. The van der Waals surface area contributed by atoms with Gasteiger partial charge < -0.3 is 0 Å². The zero-order valence-corrected chi connectivity index (χ0v) is 11.6. The summed E-state index contributed by atoms with van der Waals surface area (Å²) in [5, 5.41) is 10.5. The van der Waals surface area contributed by atoms with Gasteiger partial charge in [-0.3, -0.25) is 14.9 Å². The number of halogens is 3. The minimum absolute atomic E-state index is 0.150. The van der Waals surface area contributed by atoms with Crippen molar-refractivity contribution in [3.63, 3.8) is 0 Å². The van der Waals surface area contributed by atoms with Crippen LogP contribution in [0, 0.1) is 10.1 Å². The molecule has 0 heterocycles. The van der Waals surface area contributed by atoms with Gasteiger partial charge in [0.05, 0.1) is 10.5 Å². The summed E-state index contributed by atoms with van der Waals surface area (Å²) in [6.45, 7) is 0. The van der Waals surface area contributed by atoms with E-state index in [4.69, 9.17) is 0 Å². The Morgan fingerprint density at radius 3 is 2.30 bits per heavy atom. The molecule has 7 heteroatoms. The Balaban J connectivity index is 2.16. The standard InChI is InChI=1S/C16H10F3NO3/c17-16(18,19)13-3-1-2-11(10-13)4-9-15(21)12-5-7-14(8-6-12)20(22)23/h1-10H/b9-4+. The van der Waals surface area contributed by atoms with E-state index in [1.54, 1.807) is 0 Å². The second-order valence-corrected chi connectivity index (χ2v) is 4.62. The highest BCUT2D eigenvalue weighted by molar-refractivity contribution is 6.06. The van der Waals surface area contributed by atoms with Crippen LogP contribution in [0.1, 0.15) is 21.5 Å². The summed E-state index contributed by atoms with van der Waals surface area (Å²) in [5.74, 6) is -0.461. The third kappa shape index (κ3) is 4.26. The Labute approximate surface area is 129 Å². The molecule has 23 heavy (non-hydrogen) atoms. The molecule has 0 radical (unpaired) electrons. The molecule has 118 valence electrons. The van der Waals surface area contributed by atoms with E-state index in [1.165, 1.54) is 42.5 Å². The summed E-state index contributed by atoms with van der Waals surface area (Å²) >= 11 is 0. The van der Waals surface area contributed by atoms with Crippen molar-refractivity contribution in [3.8, 4) is 0 Å². The molecule has 0 amide bonds. The van der Waals surface area contributed by atoms with Crippen LogP contribution in [0.3, 0.4) is 0 Å². The first kappa shape index (κ1) is 16.4. The number of hydrogen-bond donors (Lipinski definition) is 0. The third-order valence-electron chi connectivity index (χ3n) is 3.00. The molecule has 0 spiro atoms. The molecule has 0 aromatic heterocycles. The van der Waals surface area contributed by atoms with E-state index >= 15 is 0 Å². The first-order valence-electron chi connectivity index (χ1n) is 6.41. The molecule has 0 bridgehead atoms. The molecule has 0 fully saturated rings. The number of nitrogens with zero attached hydrogens (tertiary/aromatic N) is 1. The lowest BCUT2D eigenvalue weighted by molar-refractivity contribution is -0.384. The molecule has 0 saturated heterocycles. The second-order valence-electron chi connectivity index (χ2n) is 4.62. The zero-order valence-electron chi connectivity index (χ0n) is 11.6. The van der Waals surface area contributed by atoms with Crippen molar-refractivity contribution in [1.82, 2.24) is 0 Å². The normalized spacial score (nSPS) is 11.6. The smallest absolute Gasteiger partial charge is 0.289 e. The predicted octanol–water partition coefficient (Wildman–Crippen LogP) is 4.51. The van der Waals surface area contributed by atoms with Gasteiger partial charge in [0.25, 0.3) is 5.69 Å². The van der Waals surface area contributed by atoms with Gasteiger partial charge >= 0.3 is 6.18 Å². The van der Waals surface area contributed by atoms with E-state index in [9.17, 15) is 28.1 Å². The van der Waals surface area contributed by atoms with Crippen LogP contribution in [0.15, 0.2) is 54.6 Å². The number of benzene rings is 2.